The molecule has 3 heterocycles. The lowest BCUT2D eigenvalue weighted by atomic mass is 9.79. The summed E-state index contributed by atoms with van der Waals surface area (Å²) in [6.07, 6.45) is 1.83. The average Bonchev–Trinajstić information content (AvgIpc) is 3.13. The number of carbonyl (C=O) groups is 1. The van der Waals surface area contributed by atoms with Gasteiger partial charge in [-0.15, -0.1) is 6.58 Å². The lowest BCUT2D eigenvalue weighted by Gasteiger charge is -2.33. The lowest BCUT2D eigenvalue weighted by Crippen LogP contribution is -2.49. The van der Waals surface area contributed by atoms with Crippen LogP contribution in [0.2, 0.25) is 0 Å². The summed E-state index contributed by atoms with van der Waals surface area (Å²) in [6.45, 7) is 8.76. The van der Waals surface area contributed by atoms with Gasteiger partial charge in [-0.3, -0.25) is 4.79 Å². The largest absolute Gasteiger partial charge is 0.334 e. The van der Waals surface area contributed by atoms with Crippen LogP contribution in [0.1, 0.15) is 5.56 Å². The van der Waals surface area contributed by atoms with E-state index in [1.165, 1.54) is 5.56 Å². The molecule has 2 saturated heterocycles. The van der Waals surface area contributed by atoms with Crippen molar-refractivity contribution < 1.29 is 4.79 Å². The fourth-order valence-corrected chi connectivity index (χ4v) is 4.43. The molecule has 21 heavy (non-hydrogen) atoms. The first-order valence-corrected chi connectivity index (χ1v) is 8.40. The highest BCUT2D eigenvalue weighted by molar-refractivity contribution is 7.07. The van der Waals surface area contributed by atoms with Crippen LogP contribution < -0.4 is 5.32 Å². The van der Waals surface area contributed by atoms with E-state index in [-0.39, 0.29) is 11.3 Å². The van der Waals surface area contributed by atoms with Crippen LogP contribution in [-0.2, 0) is 11.3 Å². The zero-order valence-corrected chi connectivity index (χ0v) is 13.4. The van der Waals surface area contributed by atoms with Gasteiger partial charge in [0.1, 0.15) is 0 Å². The Bertz CT molecular complexity index is 516. The second-order valence-electron chi connectivity index (χ2n) is 6.29. The topological polar surface area (TPSA) is 35.6 Å². The first-order chi connectivity index (χ1) is 10.2. The van der Waals surface area contributed by atoms with Crippen LogP contribution in [0.15, 0.2) is 29.5 Å². The second kappa shape index (κ2) is 5.91. The van der Waals surface area contributed by atoms with E-state index < -0.39 is 0 Å². The molecule has 0 radical (unpaired) electrons. The maximum Gasteiger partial charge on any atom is 0.232 e. The minimum Gasteiger partial charge on any atom is -0.334 e. The molecule has 0 unspecified atom stereocenters. The number of carbonyl (C=O) groups excluding carboxylic acids is 1. The summed E-state index contributed by atoms with van der Waals surface area (Å²) in [4.78, 5) is 17.5. The van der Waals surface area contributed by atoms with Gasteiger partial charge in [-0.2, -0.15) is 11.3 Å². The third-order valence-electron chi connectivity index (χ3n) is 4.71. The van der Waals surface area contributed by atoms with Crippen LogP contribution in [0.4, 0.5) is 0 Å². The highest BCUT2D eigenvalue weighted by Gasteiger charge is 2.55. The molecule has 5 heteroatoms. The standard InChI is InChI=1S/C16H23N3OS/c1-3-5-19(8-13-4-6-21-10-13)15(20)16-11-17-7-14(16)9-18(2)12-16/h3-4,6,10,14,17H,1,5,7-9,11-12H2,2H3/t14-,16-/m1/s1. The van der Waals surface area contributed by atoms with Crippen molar-refractivity contribution in [2.24, 2.45) is 11.3 Å². The van der Waals surface area contributed by atoms with Gasteiger partial charge >= 0.3 is 0 Å². The molecule has 0 bridgehead atoms. The molecule has 4 nitrogen and oxygen atoms in total. The van der Waals surface area contributed by atoms with Crippen molar-refractivity contribution in [1.82, 2.24) is 15.1 Å². The van der Waals surface area contributed by atoms with Crippen LogP contribution in [0.3, 0.4) is 0 Å². The second-order valence-corrected chi connectivity index (χ2v) is 7.07. The van der Waals surface area contributed by atoms with Crippen molar-refractivity contribution in [3.8, 4) is 0 Å². The van der Waals surface area contributed by atoms with E-state index in [0.717, 1.165) is 26.2 Å². The number of likely N-dealkylation sites (tertiary alicyclic amines) is 1. The van der Waals surface area contributed by atoms with Gasteiger partial charge < -0.3 is 15.1 Å². The maximum absolute atomic E-state index is 13.2. The summed E-state index contributed by atoms with van der Waals surface area (Å²) in [7, 11) is 2.12. The molecule has 1 amide bonds. The van der Waals surface area contributed by atoms with E-state index >= 15 is 0 Å². The zero-order valence-electron chi connectivity index (χ0n) is 12.5. The van der Waals surface area contributed by atoms with Crippen molar-refractivity contribution >= 4 is 17.2 Å². The van der Waals surface area contributed by atoms with Gasteiger partial charge in [0, 0.05) is 45.2 Å². The number of thiophene rings is 1. The summed E-state index contributed by atoms with van der Waals surface area (Å²) < 4.78 is 0. The van der Waals surface area contributed by atoms with Crippen molar-refractivity contribution in [1.29, 1.82) is 0 Å². The van der Waals surface area contributed by atoms with Crippen LogP contribution in [0, 0.1) is 11.3 Å². The van der Waals surface area contributed by atoms with E-state index in [9.17, 15) is 4.79 Å². The predicted molar refractivity (Wildman–Crippen MR) is 86.2 cm³/mol. The van der Waals surface area contributed by atoms with Crippen molar-refractivity contribution in [3.63, 3.8) is 0 Å². The quantitative estimate of drug-likeness (QED) is 0.836. The molecule has 0 spiro atoms. The molecule has 1 aromatic heterocycles. The minimum atomic E-state index is -0.242. The fourth-order valence-electron chi connectivity index (χ4n) is 3.77. The van der Waals surface area contributed by atoms with E-state index in [1.807, 2.05) is 11.0 Å². The highest BCUT2D eigenvalue weighted by atomic mass is 32.1. The molecule has 1 N–H and O–H groups in total. The number of nitrogens with one attached hydrogen (secondary N) is 1. The Labute approximate surface area is 130 Å². The van der Waals surface area contributed by atoms with Crippen LogP contribution >= 0.6 is 11.3 Å². The van der Waals surface area contributed by atoms with Crippen molar-refractivity contribution in [3.05, 3.63) is 35.0 Å². The monoisotopic (exact) mass is 305 g/mol. The highest BCUT2D eigenvalue weighted by Crippen LogP contribution is 2.40. The van der Waals surface area contributed by atoms with Gasteiger partial charge in [0.2, 0.25) is 5.91 Å². The molecule has 2 atom stereocenters. The van der Waals surface area contributed by atoms with Crippen LogP contribution in [0.5, 0.6) is 0 Å². The van der Waals surface area contributed by atoms with Gasteiger partial charge in [-0.05, 0) is 29.4 Å². The SMILES string of the molecule is C=CCN(Cc1ccsc1)C(=O)[C@@]12CNC[C@@H]1CN(C)C2. The molecule has 3 rings (SSSR count). The van der Waals surface area contributed by atoms with Gasteiger partial charge in [0.15, 0.2) is 0 Å². The van der Waals surface area contributed by atoms with E-state index in [4.69, 9.17) is 0 Å². The summed E-state index contributed by atoms with van der Waals surface area (Å²) in [5, 5.41) is 7.60. The molecule has 0 aromatic carbocycles. The number of hydrogen-bond acceptors (Lipinski definition) is 4. The molecule has 2 aliphatic heterocycles. The molecular formula is C16H23N3OS. The van der Waals surface area contributed by atoms with Gasteiger partial charge in [0.25, 0.3) is 0 Å². The van der Waals surface area contributed by atoms with E-state index in [2.05, 4.69) is 40.7 Å². The summed E-state index contributed by atoms with van der Waals surface area (Å²) in [5.41, 5.74) is 0.966. The summed E-state index contributed by atoms with van der Waals surface area (Å²) >= 11 is 1.68. The van der Waals surface area contributed by atoms with Crippen LogP contribution in [-0.4, -0.2) is 55.5 Å². The van der Waals surface area contributed by atoms with E-state index in [0.29, 0.717) is 19.0 Å². The lowest BCUT2D eigenvalue weighted by molar-refractivity contribution is -0.142. The Balaban J connectivity index is 1.81. The zero-order chi connectivity index (χ0) is 14.9. The fraction of sp³-hybridized carbons (Fsp3) is 0.562. The van der Waals surface area contributed by atoms with Crippen LogP contribution in [0.25, 0.3) is 0 Å². The van der Waals surface area contributed by atoms with Crippen molar-refractivity contribution in [2.45, 2.75) is 6.54 Å². The number of fused-ring (bicyclic) bond motifs is 1. The molecule has 1 aromatic rings. The number of nitrogens with zero attached hydrogens (tertiary/aromatic N) is 2. The first kappa shape index (κ1) is 14.8. The Kier molecular flexibility index (Phi) is 4.15. The molecule has 114 valence electrons. The Morgan fingerprint density at radius 2 is 2.57 bits per heavy atom. The van der Waals surface area contributed by atoms with Crippen molar-refractivity contribution in [2.75, 3.05) is 39.8 Å². The summed E-state index contributed by atoms with van der Waals surface area (Å²) in [6, 6.07) is 2.09. The summed E-state index contributed by atoms with van der Waals surface area (Å²) in [5.74, 6) is 0.720. The normalized spacial score (nSPS) is 28.5. The average molecular weight is 305 g/mol. The predicted octanol–water partition coefficient (Wildman–Crippen LogP) is 1.41. The van der Waals surface area contributed by atoms with E-state index in [1.54, 1.807) is 11.3 Å². The minimum absolute atomic E-state index is 0.242. The third kappa shape index (κ3) is 2.65. The molecule has 2 aliphatic rings. The third-order valence-corrected chi connectivity index (χ3v) is 5.44. The maximum atomic E-state index is 13.2. The molecule has 2 fully saturated rings. The number of amides is 1. The van der Waals surface area contributed by atoms with Gasteiger partial charge in [-0.1, -0.05) is 6.08 Å². The first-order valence-electron chi connectivity index (χ1n) is 7.46. The van der Waals surface area contributed by atoms with Gasteiger partial charge in [0.05, 0.1) is 5.41 Å². The Morgan fingerprint density at radius 3 is 3.29 bits per heavy atom. The smallest absolute Gasteiger partial charge is 0.232 e. The molecule has 0 aliphatic carbocycles. The number of hydrogen-bond donors (Lipinski definition) is 1. The molecular weight excluding hydrogens is 282 g/mol. The number of rotatable bonds is 5. The Hall–Kier alpha value is -1.17. The Morgan fingerprint density at radius 1 is 1.71 bits per heavy atom. The molecule has 0 saturated carbocycles. The van der Waals surface area contributed by atoms with Gasteiger partial charge in [-0.25, -0.2) is 0 Å².